The molecule has 1 heterocycles. The minimum atomic E-state index is -3.23. The Kier molecular flexibility index (Phi) is 7.20. The maximum Gasteiger partial charge on any atom is 0.309 e. The Labute approximate surface area is 160 Å². The lowest BCUT2D eigenvalue weighted by molar-refractivity contribution is -0.153. The van der Waals surface area contributed by atoms with Gasteiger partial charge in [0.05, 0.1) is 12.2 Å². The van der Waals surface area contributed by atoms with Crippen molar-refractivity contribution in [1.29, 1.82) is 0 Å². The summed E-state index contributed by atoms with van der Waals surface area (Å²) in [6.07, 6.45) is 1.97. The van der Waals surface area contributed by atoms with Crippen molar-refractivity contribution in [3.05, 3.63) is 29.8 Å². The molecule has 0 aromatic heterocycles. The van der Waals surface area contributed by atoms with Crippen LogP contribution in [0.2, 0.25) is 0 Å². The van der Waals surface area contributed by atoms with Crippen LogP contribution >= 0.6 is 0 Å². The smallest absolute Gasteiger partial charge is 0.309 e. The molecule has 1 aromatic rings. The summed E-state index contributed by atoms with van der Waals surface area (Å²) in [7, 11) is 0.681. The van der Waals surface area contributed by atoms with E-state index in [0.29, 0.717) is 32.5 Å². The number of esters is 1. The maximum absolute atomic E-state index is 12.1. The average molecular weight is 397 g/mol. The van der Waals surface area contributed by atoms with E-state index < -0.39 is 16.0 Å². The van der Waals surface area contributed by atoms with Crippen molar-refractivity contribution in [1.82, 2.24) is 9.62 Å². The summed E-state index contributed by atoms with van der Waals surface area (Å²) in [5.74, 6) is -1.18. The summed E-state index contributed by atoms with van der Waals surface area (Å²) in [5, 5.41) is 2.72. The molecule has 0 radical (unpaired) electrons. The van der Waals surface area contributed by atoms with Gasteiger partial charge in [0.15, 0.2) is 6.61 Å². The van der Waals surface area contributed by atoms with Gasteiger partial charge in [-0.05, 0) is 30.5 Å². The largest absolute Gasteiger partial charge is 0.455 e. The van der Waals surface area contributed by atoms with E-state index in [-0.39, 0.29) is 18.4 Å². The van der Waals surface area contributed by atoms with Gasteiger partial charge in [-0.25, -0.2) is 12.7 Å². The summed E-state index contributed by atoms with van der Waals surface area (Å²) >= 11 is 0. The third-order valence-corrected chi connectivity index (χ3v) is 5.85. The van der Waals surface area contributed by atoms with E-state index >= 15 is 0 Å². The van der Waals surface area contributed by atoms with Crippen LogP contribution in [0.25, 0.3) is 0 Å². The predicted molar refractivity (Wildman–Crippen MR) is 103 cm³/mol. The zero-order chi connectivity index (χ0) is 20.0. The molecule has 150 valence electrons. The molecule has 1 aliphatic rings. The van der Waals surface area contributed by atoms with Crippen LogP contribution in [0.3, 0.4) is 0 Å². The van der Waals surface area contributed by atoms with Crippen molar-refractivity contribution in [3.8, 4) is 0 Å². The van der Waals surface area contributed by atoms with Crippen LogP contribution in [-0.2, 0) is 30.9 Å². The SMILES string of the molecule is CN(C)c1ccc(CNC(=O)COC(=O)C2CCN(S(C)(=O)=O)CC2)cc1. The minimum Gasteiger partial charge on any atom is -0.455 e. The zero-order valence-electron chi connectivity index (χ0n) is 16.0. The number of nitrogens with zero attached hydrogens (tertiary/aromatic N) is 2. The van der Waals surface area contributed by atoms with Gasteiger partial charge in [0.2, 0.25) is 10.0 Å². The Morgan fingerprint density at radius 1 is 1.19 bits per heavy atom. The van der Waals surface area contributed by atoms with Gasteiger partial charge in [-0.3, -0.25) is 9.59 Å². The van der Waals surface area contributed by atoms with Crippen LogP contribution in [0.15, 0.2) is 24.3 Å². The highest BCUT2D eigenvalue weighted by Gasteiger charge is 2.30. The van der Waals surface area contributed by atoms with E-state index in [0.717, 1.165) is 17.5 Å². The number of anilines is 1. The fourth-order valence-corrected chi connectivity index (χ4v) is 3.72. The van der Waals surface area contributed by atoms with Crippen LogP contribution in [0, 0.1) is 5.92 Å². The van der Waals surface area contributed by atoms with E-state index in [9.17, 15) is 18.0 Å². The van der Waals surface area contributed by atoms with E-state index in [2.05, 4.69) is 5.32 Å². The second-order valence-electron chi connectivity index (χ2n) is 6.88. The normalized spacial score (nSPS) is 16.0. The molecule has 1 aromatic carbocycles. The number of carbonyl (C=O) groups is 2. The molecule has 1 fully saturated rings. The molecule has 27 heavy (non-hydrogen) atoms. The molecule has 1 amide bonds. The van der Waals surface area contributed by atoms with Crippen molar-refractivity contribution < 1.29 is 22.7 Å². The van der Waals surface area contributed by atoms with E-state index in [1.807, 2.05) is 43.3 Å². The number of ether oxygens (including phenoxy) is 1. The summed E-state index contributed by atoms with van der Waals surface area (Å²) in [4.78, 5) is 25.9. The van der Waals surface area contributed by atoms with Gasteiger partial charge < -0.3 is 15.0 Å². The van der Waals surface area contributed by atoms with Crippen LogP contribution in [0.5, 0.6) is 0 Å². The molecule has 8 nitrogen and oxygen atoms in total. The number of piperidine rings is 1. The van der Waals surface area contributed by atoms with E-state index in [1.165, 1.54) is 4.31 Å². The van der Waals surface area contributed by atoms with Gasteiger partial charge in [0.25, 0.3) is 5.91 Å². The Bertz CT molecular complexity index is 754. The van der Waals surface area contributed by atoms with Crippen molar-refractivity contribution in [2.75, 3.05) is 44.9 Å². The molecule has 0 saturated carbocycles. The third kappa shape index (κ3) is 6.51. The van der Waals surface area contributed by atoms with Gasteiger partial charge in [-0.15, -0.1) is 0 Å². The second-order valence-corrected chi connectivity index (χ2v) is 8.86. The summed E-state index contributed by atoms with van der Waals surface area (Å²) in [6, 6.07) is 7.78. The van der Waals surface area contributed by atoms with Crippen LogP contribution in [0.4, 0.5) is 5.69 Å². The van der Waals surface area contributed by atoms with Gasteiger partial charge >= 0.3 is 5.97 Å². The number of carbonyl (C=O) groups excluding carboxylic acids is 2. The number of rotatable bonds is 7. The highest BCUT2D eigenvalue weighted by Crippen LogP contribution is 2.20. The van der Waals surface area contributed by atoms with Crippen molar-refractivity contribution in [2.45, 2.75) is 19.4 Å². The Morgan fingerprint density at radius 2 is 1.78 bits per heavy atom. The maximum atomic E-state index is 12.1. The molecule has 1 N–H and O–H groups in total. The molecule has 0 unspecified atom stereocenters. The number of amides is 1. The molecule has 1 aliphatic heterocycles. The van der Waals surface area contributed by atoms with Gasteiger partial charge in [-0.2, -0.15) is 0 Å². The van der Waals surface area contributed by atoms with Gasteiger partial charge in [-0.1, -0.05) is 12.1 Å². The lowest BCUT2D eigenvalue weighted by Crippen LogP contribution is -2.40. The summed E-state index contributed by atoms with van der Waals surface area (Å²) in [6.45, 7) is 0.624. The van der Waals surface area contributed by atoms with E-state index in [1.54, 1.807) is 0 Å². The Hall–Kier alpha value is -2.13. The molecule has 9 heteroatoms. The lowest BCUT2D eigenvalue weighted by atomic mass is 9.98. The topological polar surface area (TPSA) is 96.0 Å². The molecule has 1 saturated heterocycles. The molecule has 0 spiro atoms. The monoisotopic (exact) mass is 397 g/mol. The quantitative estimate of drug-likeness (QED) is 0.677. The van der Waals surface area contributed by atoms with Crippen LogP contribution in [0.1, 0.15) is 18.4 Å². The number of hydrogen-bond acceptors (Lipinski definition) is 6. The molecular formula is C18H27N3O5S. The zero-order valence-corrected chi connectivity index (χ0v) is 16.8. The number of sulfonamides is 1. The summed E-state index contributed by atoms with van der Waals surface area (Å²) in [5.41, 5.74) is 2.02. The molecule has 0 bridgehead atoms. The molecule has 2 rings (SSSR count). The summed E-state index contributed by atoms with van der Waals surface area (Å²) < 4.78 is 29.4. The van der Waals surface area contributed by atoms with E-state index in [4.69, 9.17) is 4.74 Å². The first kappa shape index (κ1) is 21.2. The predicted octanol–water partition coefficient (Wildman–Crippen LogP) is 0.584. The molecule has 0 aliphatic carbocycles. The number of nitrogens with one attached hydrogen (secondary N) is 1. The lowest BCUT2D eigenvalue weighted by Gasteiger charge is -2.28. The average Bonchev–Trinajstić information content (AvgIpc) is 2.64. The van der Waals surface area contributed by atoms with Crippen molar-refractivity contribution >= 4 is 27.6 Å². The fourth-order valence-electron chi connectivity index (χ4n) is 2.84. The van der Waals surface area contributed by atoms with Gasteiger partial charge in [0, 0.05) is 39.4 Å². The minimum absolute atomic E-state index is 0.299. The standard InChI is InChI=1S/C18H27N3O5S/c1-20(2)16-6-4-14(5-7-16)12-19-17(22)13-26-18(23)15-8-10-21(11-9-15)27(3,24)25/h4-7,15H,8-13H2,1-3H3,(H,19,22). The first-order chi connectivity index (χ1) is 12.7. The highest BCUT2D eigenvalue weighted by molar-refractivity contribution is 7.88. The Balaban J connectivity index is 1.70. The van der Waals surface area contributed by atoms with Crippen molar-refractivity contribution in [2.24, 2.45) is 5.92 Å². The molecular weight excluding hydrogens is 370 g/mol. The first-order valence-electron chi connectivity index (χ1n) is 8.81. The number of hydrogen-bond donors (Lipinski definition) is 1. The van der Waals surface area contributed by atoms with Crippen LogP contribution < -0.4 is 10.2 Å². The van der Waals surface area contributed by atoms with Crippen LogP contribution in [-0.4, -0.2) is 64.6 Å². The Morgan fingerprint density at radius 3 is 2.30 bits per heavy atom. The van der Waals surface area contributed by atoms with Gasteiger partial charge in [0.1, 0.15) is 0 Å². The first-order valence-corrected chi connectivity index (χ1v) is 10.7. The molecule has 0 atom stereocenters. The third-order valence-electron chi connectivity index (χ3n) is 4.54. The van der Waals surface area contributed by atoms with Crippen molar-refractivity contribution in [3.63, 3.8) is 0 Å². The fraction of sp³-hybridized carbons (Fsp3) is 0.556. The number of benzene rings is 1. The second kappa shape index (κ2) is 9.18. The highest BCUT2D eigenvalue weighted by atomic mass is 32.2.